The van der Waals surface area contributed by atoms with Crippen molar-refractivity contribution < 1.29 is 9.47 Å². The highest BCUT2D eigenvalue weighted by Crippen LogP contribution is 1.93. The lowest BCUT2D eigenvalue weighted by Gasteiger charge is -2.03. The molecule has 0 aromatic carbocycles. The quantitative estimate of drug-likeness (QED) is 0.365. The maximum Gasteiger partial charge on any atom is 0.180 e. The highest BCUT2D eigenvalue weighted by Gasteiger charge is 1.95. The first-order valence-electron chi connectivity index (χ1n) is 4.09. The smallest absolute Gasteiger partial charge is 0.180 e. The Labute approximate surface area is 68.2 Å². The van der Waals surface area contributed by atoms with Crippen LogP contribution in [0.5, 0.6) is 0 Å². The molecule has 0 unspecified atom stereocenters. The molecular formula is C8H17NO2. The predicted molar refractivity (Wildman–Crippen MR) is 45.1 cm³/mol. The molecule has 0 fully saturated rings. The van der Waals surface area contributed by atoms with Crippen molar-refractivity contribution in [3.05, 3.63) is 0 Å². The van der Waals surface area contributed by atoms with Gasteiger partial charge in [0.2, 0.25) is 0 Å². The average molecular weight is 159 g/mol. The van der Waals surface area contributed by atoms with E-state index in [2.05, 4.69) is 0 Å². The molecule has 3 nitrogen and oxygen atoms in total. The lowest BCUT2D eigenvalue weighted by molar-refractivity contribution is 0.144. The van der Waals surface area contributed by atoms with Crippen LogP contribution in [0.1, 0.15) is 26.7 Å². The van der Waals surface area contributed by atoms with Crippen LogP contribution in [0, 0.1) is 5.41 Å². The van der Waals surface area contributed by atoms with Crippen LogP contribution in [0.4, 0.5) is 0 Å². The van der Waals surface area contributed by atoms with Gasteiger partial charge in [-0.3, -0.25) is 5.41 Å². The van der Waals surface area contributed by atoms with Gasteiger partial charge in [-0.25, -0.2) is 0 Å². The van der Waals surface area contributed by atoms with E-state index in [0.717, 1.165) is 19.6 Å². The molecular weight excluding hydrogens is 142 g/mol. The van der Waals surface area contributed by atoms with E-state index in [-0.39, 0.29) is 0 Å². The molecule has 0 saturated heterocycles. The molecule has 0 aromatic rings. The molecule has 0 amide bonds. The normalized spacial score (nSPS) is 9.64. The van der Waals surface area contributed by atoms with Crippen LogP contribution in [0.2, 0.25) is 0 Å². The average Bonchev–Trinajstić information content (AvgIpc) is 1.99. The van der Waals surface area contributed by atoms with E-state index in [0.29, 0.717) is 18.9 Å². The van der Waals surface area contributed by atoms with Crippen LogP contribution in [0.15, 0.2) is 0 Å². The second kappa shape index (κ2) is 7.54. The second-order valence-corrected chi connectivity index (χ2v) is 2.16. The predicted octanol–water partition coefficient (Wildman–Crippen LogP) is 1.82. The summed E-state index contributed by atoms with van der Waals surface area (Å²) in [6, 6.07) is 0. The van der Waals surface area contributed by atoms with Gasteiger partial charge in [0.1, 0.15) is 0 Å². The number of hydrogen-bond acceptors (Lipinski definition) is 3. The van der Waals surface area contributed by atoms with Gasteiger partial charge in [0.15, 0.2) is 5.90 Å². The zero-order chi connectivity index (χ0) is 8.53. The Hall–Kier alpha value is -0.570. The summed E-state index contributed by atoms with van der Waals surface area (Å²) in [5.41, 5.74) is 0. The van der Waals surface area contributed by atoms with Crippen LogP contribution in [-0.4, -0.2) is 25.7 Å². The number of hydrogen-bond donors (Lipinski definition) is 1. The first kappa shape index (κ1) is 10.4. The molecule has 0 heterocycles. The summed E-state index contributed by atoms with van der Waals surface area (Å²) in [6.07, 6.45) is 1.57. The summed E-state index contributed by atoms with van der Waals surface area (Å²) in [4.78, 5) is 0. The number of ether oxygens (including phenoxy) is 2. The number of nitrogens with one attached hydrogen (secondary N) is 1. The summed E-state index contributed by atoms with van der Waals surface area (Å²) in [7, 11) is 0. The van der Waals surface area contributed by atoms with Gasteiger partial charge >= 0.3 is 0 Å². The summed E-state index contributed by atoms with van der Waals surface area (Å²) in [5, 5.41) is 7.25. The third-order valence-corrected chi connectivity index (χ3v) is 1.22. The number of rotatable bonds is 6. The fraction of sp³-hybridized carbons (Fsp3) is 0.875. The first-order chi connectivity index (χ1) is 5.31. The van der Waals surface area contributed by atoms with Gasteiger partial charge in [0.25, 0.3) is 0 Å². The Bertz CT molecular complexity index is 104. The molecule has 0 atom stereocenters. The van der Waals surface area contributed by atoms with Crippen molar-refractivity contribution in [2.75, 3.05) is 19.8 Å². The molecule has 0 bridgehead atoms. The van der Waals surface area contributed by atoms with Crippen molar-refractivity contribution in [3.8, 4) is 0 Å². The van der Waals surface area contributed by atoms with Gasteiger partial charge in [-0.05, 0) is 20.3 Å². The maximum absolute atomic E-state index is 7.25. The summed E-state index contributed by atoms with van der Waals surface area (Å²) >= 11 is 0. The van der Waals surface area contributed by atoms with Crippen LogP contribution >= 0.6 is 0 Å². The Balaban J connectivity index is 3.04. The topological polar surface area (TPSA) is 42.3 Å². The van der Waals surface area contributed by atoms with Crippen molar-refractivity contribution in [2.45, 2.75) is 26.7 Å². The Morgan fingerprint density at radius 1 is 1.27 bits per heavy atom. The second-order valence-electron chi connectivity index (χ2n) is 2.16. The largest absolute Gasteiger partial charge is 0.481 e. The molecule has 1 N–H and O–H groups in total. The first-order valence-corrected chi connectivity index (χ1v) is 4.09. The monoisotopic (exact) mass is 159 g/mol. The van der Waals surface area contributed by atoms with Crippen molar-refractivity contribution in [1.82, 2.24) is 0 Å². The molecule has 3 heteroatoms. The molecule has 0 aliphatic rings. The van der Waals surface area contributed by atoms with Crippen LogP contribution in [0.3, 0.4) is 0 Å². The highest BCUT2D eigenvalue weighted by molar-refractivity contribution is 5.72. The Kier molecular flexibility index (Phi) is 7.15. The van der Waals surface area contributed by atoms with Crippen molar-refractivity contribution in [3.63, 3.8) is 0 Å². The van der Waals surface area contributed by atoms with E-state index in [1.807, 2.05) is 13.8 Å². The third kappa shape index (κ3) is 7.33. The highest BCUT2D eigenvalue weighted by atomic mass is 16.5. The van der Waals surface area contributed by atoms with Crippen molar-refractivity contribution >= 4 is 5.90 Å². The maximum atomic E-state index is 7.25. The molecule has 66 valence electrons. The minimum atomic E-state index is 0.368. The Morgan fingerprint density at radius 2 is 2.00 bits per heavy atom. The van der Waals surface area contributed by atoms with Gasteiger partial charge in [-0.15, -0.1) is 0 Å². The summed E-state index contributed by atoms with van der Waals surface area (Å²) in [6.45, 7) is 5.92. The lowest BCUT2D eigenvalue weighted by Crippen LogP contribution is -2.04. The third-order valence-electron chi connectivity index (χ3n) is 1.22. The Morgan fingerprint density at radius 3 is 2.55 bits per heavy atom. The standard InChI is InChI=1S/C8H17NO2/c1-3-10-7-5-6-8(9)11-4-2/h9H,3-7H2,1-2H3. The van der Waals surface area contributed by atoms with E-state index < -0.39 is 0 Å². The lowest BCUT2D eigenvalue weighted by atomic mass is 10.3. The summed E-state index contributed by atoms with van der Waals surface area (Å²) in [5.74, 6) is 0.368. The van der Waals surface area contributed by atoms with E-state index in [1.54, 1.807) is 0 Å². The fourth-order valence-electron chi connectivity index (χ4n) is 0.726. The molecule has 0 spiro atoms. The van der Waals surface area contributed by atoms with Crippen molar-refractivity contribution in [2.24, 2.45) is 0 Å². The van der Waals surface area contributed by atoms with Crippen LogP contribution < -0.4 is 0 Å². The van der Waals surface area contributed by atoms with E-state index in [1.165, 1.54) is 0 Å². The van der Waals surface area contributed by atoms with E-state index in [9.17, 15) is 0 Å². The van der Waals surface area contributed by atoms with Crippen LogP contribution in [-0.2, 0) is 9.47 Å². The molecule has 0 saturated carbocycles. The zero-order valence-electron chi connectivity index (χ0n) is 7.35. The van der Waals surface area contributed by atoms with E-state index in [4.69, 9.17) is 14.9 Å². The fourth-order valence-corrected chi connectivity index (χ4v) is 0.726. The van der Waals surface area contributed by atoms with E-state index >= 15 is 0 Å². The van der Waals surface area contributed by atoms with Crippen LogP contribution in [0.25, 0.3) is 0 Å². The SMILES string of the molecule is CCOCCCC(=N)OCC. The van der Waals surface area contributed by atoms with Crippen molar-refractivity contribution in [1.29, 1.82) is 5.41 Å². The van der Waals surface area contributed by atoms with Gasteiger partial charge in [-0.2, -0.15) is 0 Å². The van der Waals surface area contributed by atoms with Gasteiger partial charge in [0.05, 0.1) is 6.61 Å². The zero-order valence-corrected chi connectivity index (χ0v) is 7.35. The van der Waals surface area contributed by atoms with Gasteiger partial charge in [-0.1, -0.05) is 0 Å². The van der Waals surface area contributed by atoms with Gasteiger partial charge < -0.3 is 9.47 Å². The molecule has 0 aliphatic carbocycles. The van der Waals surface area contributed by atoms with Gasteiger partial charge in [0, 0.05) is 19.6 Å². The minimum Gasteiger partial charge on any atom is -0.481 e. The molecule has 11 heavy (non-hydrogen) atoms. The molecule has 0 radical (unpaired) electrons. The molecule has 0 aliphatic heterocycles. The minimum absolute atomic E-state index is 0.368. The molecule has 0 aromatic heterocycles. The molecule has 0 rings (SSSR count). The summed E-state index contributed by atoms with van der Waals surface area (Å²) < 4.78 is 10.1.